The summed E-state index contributed by atoms with van der Waals surface area (Å²) in [6, 6.07) is 11.5. The number of aromatic carboxylic acids is 1. The summed E-state index contributed by atoms with van der Waals surface area (Å²) in [7, 11) is 0. The fourth-order valence-corrected chi connectivity index (χ4v) is 1.96. The molecule has 0 unspecified atom stereocenters. The van der Waals surface area contributed by atoms with Crippen LogP contribution in [0.15, 0.2) is 42.5 Å². The Morgan fingerprint density at radius 3 is 2.53 bits per heavy atom. The number of benzene rings is 2. The van der Waals surface area contributed by atoms with Crippen molar-refractivity contribution in [1.29, 1.82) is 0 Å². The van der Waals surface area contributed by atoms with Crippen molar-refractivity contribution >= 4 is 29.2 Å². The molecule has 0 saturated carbocycles. The van der Waals surface area contributed by atoms with Crippen molar-refractivity contribution in [2.24, 2.45) is 0 Å². The number of ether oxygens (including phenoxy) is 1. The van der Waals surface area contributed by atoms with E-state index in [0.717, 1.165) is 5.56 Å². The molecule has 0 spiro atoms. The van der Waals surface area contributed by atoms with Crippen molar-refractivity contribution in [2.45, 2.75) is 6.61 Å². The average molecular weight is 296 g/mol. The highest BCUT2D eigenvalue weighted by atomic mass is 35.5. The van der Waals surface area contributed by atoms with Gasteiger partial charge >= 0.3 is 0 Å². The number of halogens is 2. The second-order valence-corrected chi connectivity index (χ2v) is 4.72. The zero-order chi connectivity index (χ0) is 13.8. The molecule has 0 aliphatic heterocycles. The van der Waals surface area contributed by atoms with Crippen molar-refractivity contribution in [2.75, 3.05) is 0 Å². The van der Waals surface area contributed by atoms with Crippen molar-refractivity contribution in [3.8, 4) is 5.75 Å². The number of carboxylic acid groups (broad SMARTS) is 1. The summed E-state index contributed by atoms with van der Waals surface area (Å²) >= 11 is 11.6. The summed E-state index contributed by atoms with van der Waals surface area (Å²) in [4.78, 5) is 11.0. The number of carboxylic acids is 1. The van der Waals surface area contributed by atoms with E-state index in [2.05, 4.69) is 0 Å². The third-order valence-corrected chi connectivity index (χ3v) is 2.92. The first kappa shape index (κ1) is 13.7. The van der Waals surface area contributed by atoms with Crippen LogP contribution in [0.25, 0.3) is 0 Å². The van der Waals surface area contributed by atoms with Gasteiger partial charge in [-0.25, -0.2) is 0 Å². The van der Waals surface area contributed by atoms with Crippen LogP contribution in [0.3, 0.4) is 0 Å². The van der Waals surface area contributed by atoms with Gasteiger partial charge in [-0.1, -0.05) is 35.3 Å². The van der Waals surface area contributed by atoms with E-state index < -0.39 is 5.97 Å². The molecule has 0 fully saturated rings. The SMILES string of the molecule is O=C([O-])c1cc(Cl)ccc1OCc1cccc(Cl)c1. The van der Waals surface area contributed by atoms with Crippen molar-refractivity contribution in [1.82, 2.24) is 0 Å². The lowest BCUT2D eigenvalue weighted by atomic mass is 10.2. The first-order valence-corrected chi connectivity index (χ1v) is 6.20. The highest BCUT2D eigenvalue weighted by Gasteiger charge is 2.06. The van der Waals surface area contributed by atoms with E-state index in [1.807, 2.05) is 6.07 Å². The highest BCUT2D eigenvalue weighted by molar-refractivity contribution is 6.31. The molecule has 2 aromatic carbocycles. The van der Waals surface area contributed by atoms with E-state index in [0.29, 0.717) is 10.0 Å². The monoisotopic (exact) mass is 295 g/mol. The second kappa shape index (κ2) is 5.95. The molecule has 98 valence electrons. The molecule has 0 amide bonds. The number of rotatable bonds is 4. The van der Waals surface area contributed by atoms with Crippen molar-refractivity contribution in [3.63, 3.8) is 0 Å². The van der Waals surface area contributed by atoms with E-state index in [1.165, 1.54) is 12.1 Å². The third-order valence-electron chi connectivity index (χ3n) is 2.44. The van der Waals surface area contributed by atoms with Gasteiger partial charge in [-0.2, -0.15) is 0 Å². The predicted octanol–water partition coefficient (Wildman–Crippen LogP) is 2.94. The van der Waals surface area contributed by atoms with Gasteiger partial charge in [0.1, 0.15) is 12.4 Å². The molecule has 2 rings (SSSR count). The minimum atomic E-state index is -1.33. The van der Waals surface area contributed by atoms with Gasteiger partial charge in [-0.3, -0.25) is 0 Å². The molecule has 0 saturated heterocycles. The van der Waals surface area contributed by atoms with Gasteiger partial charge in [-0.05, 0) is 35.9 Å². The highest BCUT2D eigenvalue weighted by Crippen LogP contribution is 2.23. The Morgan fingerprint density at radius 2 is 1.84 bits per heavy atom. The first-order chi connectivity index (χ1) is 9.06. The first-order valence-electron chi connectivity index (χ1n) is 5.44. The molecule has 19 heavy (non-hydrogen) atoms. The van der Waals surface area contributed by atoms with E-state index in [4.69, 9.17) is 27.9 Å². The lowest BCUT2D eigenvalue weighted by Crippen LogP contribution is -2.23. The smallest absolute Gasteiger partial charge is 0.128 e. The van der Waals surface area contributed by atoms with Crippen LogP contribution in [0.2, 0.25) is 10.0 Å². The molecule has 0 heterocycles. The molecule has 0 aliphatic rings. The van der Waals surface area contributed by atoms with Gasteiger partial charge in [-0.15, -0.1) is 0 Å². The molecular formula is C14H9Cl2O3-. The standard InChI is InChI=1S/C14H10Cl2O3/c15-10-3-1-2-9(6-10)8-19-13-5-4-11(16)7-12(13)14(17)18/h1-7H,8H2,(H,17,18)/p-1. The van der Waals surface area contributed by atoms with Crippen LogP contribution in [0, 0.1) is 0 Å². The number of carbonyl (C=O) groups excluding carboxylic acids is 1. The Labute approximate surface area is 120 Å². The average Bonchev–Trinajstić information content (AvgIpc) is 2.37. The largest absolute Gasteiger partial charge is 0.545 e. The molecule has 0 aliphatic carbocycles. The zero-order valence-corrected chi connectivity index (χ0v) is 11.2. The van der Waals surface area contributed by atoms with Crippen LogP contribution in [-0.4, -0.2) is 5.97 Å². The van der Waals surface area contributed by atoms with Gasteiger partial charge in [0, 0.05) is 15.6 Å². The fourth-order valence-electron chi connectivity index (χ4n) is 1.58. The lowest BCUT2D eigenvalue weighted by Gasteiger charge is -2.12. The summed E-state index contributed by atoms with van der Waals surface area (Å²) in [5, 5.41) is 11.9. The number of hydrogen-bond donors (Lipinski definition) is 0. The lowest BCUT2D eigenvalue weighted by molar-refractivity contribution is -0.255. The summed E-state index contributed by atoms with van der Waals surface area (Å²) < 4.78 is 5.46. The van der Waals surface area contributed by atoms with E-state index >= 15 is 0 Å². The summed E-state index contributed by atoms with van der Waals surface area (Å²) in [6.45, 7) is 0.211. The molecule has 5 heteroatoms. The minimum absolute atomic E-state index is 0.0745. The summed E-state index contributed by atoms with van der Waals surface area (Å²) in [5.41, 5.74) is 0.765. The molecule has 0 aromatic heterocycles. The summed E-state index contributed by atoms with van der Waals surface area (Å²) in [6.07, 6.45) is 0. The third kappa shape index (κ3) is 3.63. The van der Waals surface area contributed by atoms with Gasteiger partial charge in [0.25, 0.3) is 0 Å². The second-order valence-electron chi connectivity index (χ2n) is 3.85. The van der Waals surface area contributed by atoms with Gasteiger partial charge < -0.3 is 14.6 Å². The maximum atomic E-state index is 11.0. The van der Waals surface area contributed by atoms with Crippen LogP contribution in [0.5, 0.6) is 5.75 Å². The maximum Gasteiger partial charge on any atom is 0.128 e. The number of carbonyl (C=O) groups is 1. The number of hydrogen-bond acceptors (Lipinski definition) is 3. The van der Waals surface area contributed by atoms with E-state index in [9.17, 15) is 9.90 Å². The maximum absolute atomic E-state index is 11.0. The molecule has 0 radical (unpaired) electrons. The Kier molecular flexibility index (Phi) is 4.30. The van der Waals surface area contributed by atoms with Crippen LogP contribution < -0.4 is 9.84 Å². The normalized spacial score (nSPS) is 10.2. The van der Waals surface area contributed by atoms with Crippen LogP contribution in [0.4, 0.5) is 0 Å². The van der Waals surface area contributed by atoms with Crippen LogP contribution in [0.1, 0.15) is 15.9 Å². The Hall–Kier alpha value is -1.71. The molecule has 0 bridgehead atoms. The Morgan fingerprint density at radius 1 is 1.11 bits per heavy atom. The Balaban J connectivity index is 2.17. The predicted molar refractivity (Wildman–Crippen MR) is 71.6 cm³/mol. The summed E-state index contributed by atoms with van der Waals surface area (Å²) in [5.74, 6) is -1.12. The minimum Gasteiger partial charge on any atom is -0.545 e. The van der Waals surface area contributed by atoms with Gasteiger partial charge in [0.15, 0.2) is 0 Å². The molecular weight excluding hydrogens is 287 g/mol. The fraction of sp³-hybridized carbons (Fsp3) is 0.0714. The molecule has 0 atom stereocenters. The van der Waals surface area contributed by atoms with Crippen molar-refractivity contribution in [3.05, 3.63) is 63.6 Å². The van der Waals surface area contributed by atoms with Crippen molar-refractivity contribution < 1.29 is 14.6 Å². The van der Waals surface area contributed by atoms with Crippen LogP contribution in [-0.2, 0) is 6.61 Å². The van der Waals surface area contributed by atoms with Gasteiger partial charge in [0.2, 0.25) is 0 Å². The van der Waals surface area contributed by atoms with Gasteiger partial charge in [0.05, 0.1) is 5.97 Å². The van der Waals surface area contributed by atoms with E-state index in [-0.39, 0.29) is 17.9 Å². The van der Waals surface area contributed by atoms with Crippen LogP contribution >= 0.6 is 23.2 Å². The topological polar surface area (TPSA) is 49.4 Å². The molecule has 3 nitrogen and oxygen atoms in total. The quantitative estimate of drug-likeness (QED) is 0.871. The molecule has 0 N–H and O–H groups in total. The molecule has 2 aromatic rings. The Bertz CT molecular complexity index is 611. The zero-order valence-electron chi connectivity index (χ0n) is 9.73. The van der Waals surface area contributed by atoms with E-state index in [1.54, 1.807) is 24.3 Å².